The summed E-state index contributed by atoms with van der Waals surface area (Å²) in [5, 5.41) is 12.2. The smallest absolute Gasteiger partial charge is 0.196 e. The fourth-order valence-corrected chi connectivity index (χ4v) is 4.79. The Balaban J connectivity index is 1.82. The van der Waals surface area contributed by atoms with Crippen LogP contribution in [-0.4, -0.2) is 14.6 Å². The highest BCUT2D eigenvalue weighted by molar-refractivity contribution is 7.98. The van der Waals surface area contributed by atoms with Crippen LogP contribution in [-0.2, 0) is 5.75 Å². The maximum Gasteiger partial charge on any atom is 0.196 e. The van der Waals surface area contributed by atoms with Crippen molar-refractivity contribution in [3.05, 3.63) is 68.7 Å². The Hall–Kier alpha value is -1.75. The van der Waals surface area contributed by atoms with Crippen molar-refractivity contribution in [1.82, 2.24) is 14.6 Å². The summed E-state index contributed by atoms with van der Waals surface area (Å²) in [4.78, 5) is 0. The maximum absolute atomic E-state index is 6.31. The number of benzene rings is 2. The molecule has 4 aromatic rings. The van der Waals surface area contributed by atoms with Gasteiger partial charge >= 0.3 is 0 Å². The van der Waals surface area contributed by atoms with Crippen molar-refractivity contribution in [1.29, 1.82) is 0 Å². The largest absolute Gasteiger partial charge is 0.270 e. The molecule has 0 fully saturated rings. The SMILES string of the molecule is Cc1cc(C)c2c(c1)c(C)cc1nnc(SCc3ccc(Cl)cc3Cl)n12. The molecular weight excluding hydrogens is 385 g/mol. The van der Waals surface area contributed by atoms with E-state index in [4.69, 9.17) is 23.2 Å². The third-order valence-corrected chi connectivity index (χ3v) is 6.03. The predicted octanol–water partition coefficient (Wildman–Crippen LogP) is 6.41. The van der Waals surface area contributed by atoms with Crippen molar-refractivity contribution in [2.75, 3.05) is 0 Å². The first-order valence-corrected chi connectivity index (χ1v) is 10.0. The first kappa shape index (κ1) is 17.7. The first-order chi connectivity index (χ1) is 12.4. The van der Waals surface area contributed by atoms with Crippen molar-refractivity contribution in [3.63, 3.8) is 0 Å². The summed E-state index contributed by atoms with van der Waals surface area (Å²) >= 11 is 13.9. The maximum atomic E-state index is 6.31. The lowest BCUT2D eigenvalue weighted by molar-refractivity contribution is 0.937. The van der Waals surface area contributed by atoms with Gasteiger partial charge in [0.15, 0.2) is 10.8 Å². The van der Waals surface area contributed by atoms with Crippen molar-refractivity contribution < 1.29 is 0 Å². The van der Waals surface area contributed by atoms with Gasteiger partial charge in [-0.3, -0.25) is 4.40 Å². The number of hydrogen-bond donors (Lipinski definition) is 0. The molecule has 0 aliphatic rings. The predicted molar refractivity (Wildman–Crippen MR) is 111 cm³/mol. The summed E-state index contributed by atoms with van der Waals surface area (Å²) in [7, 11) is 0. The molecule has 0 aliphatic heterocycles. The van der Waals surface area contributed by atoms with E-state index >= 15 is 0 Å². The Morgan fingerprint density at radius 1 is 0.962 bits per heavy atom. The van der Waals surface area contributed by atoms with Gasteiger partial charge in [0.05, 0.1) is 5.52 Å². The van der Waals surface area contributed by atoms with E-state index in [1.54, 1.807) is 17.8 Å². The monoisotopic (exact) mass is 401 g/mol. The second kappa shape index (κ2) is 6.76. The molecular formula is C20H17Cl2N3S. The summed E-state index contributed by atoms with van der Waals surface area (Å²) in [6.45, 7) is 6.38. The van der Waals surface area contributed by atoms with E-state index in [9.17, 15) is 0 Å². The Kier molecular flexibility index (Phi) is 4.59. The van der Waals surface area contributed by atoms with Crippen molar-refractivity contribution in [2.45, 2.75) is 31.7 Å². The molecule has 4 rings (SSSR count). The molecule has 0 aliphatic carbocycles. The number of halogens is 2. The summed E-state index contributed by atoms with van der Waals surface area (Å²) < 4.78 is 2.14. The number of hydrogen-bond acceptors (Lipinski definition) is 3. The Labute approximate surface area is 166 Å². The van der Waals surface area contributed by atoms with Gasteiger partial charge in [-0.2, -0.15) is 0 Å². The summed E-state index contributed by atoms with van der Waals surface area (Å²) in [5.41, 5.74) is 6.75. The van der Waals surface area contributed by atoms with Gasteiger partial charge in [0.25, 0.3) is 0 Å². The number of fused-ring (bicyclic) bond motifs is 3. The first-order valence-electron chi connectivity index (χ1n) is 8.26. The third kappa shape index (κ3) is 3.07. The van der Waals surface area contributed by atoms with Crippen LogP contribution in [0.25, 0.3) is 16.6 Å². The summed E-state index contributed by atoms with van der Waals surface area (Å²) in [6.07, 6.45) is 0. The highest BCUT2D eigenvalue weighted by Crippen LogP contribution is 2.32. The molecule has 6 heteroatoms. The van der Waals surface area contributed by atoms with E-state index < -0.39 is 0 Å². The zero-order valence-electron chi connectivity index (χ0n) is 14.7. The highest BCUT2D eigenvalue weighted by Gasteiger charge is 2.14. The Morgan fingerprint density at radius 2 is 1.77 bits per heavy atom. The molecule has 2 aromatic heterocycles. The average molecular weight is 402 g/mol. The topological polar surface area (TPSA) is 30.2 Å². The molecule has 0 N–H and O–H groups in total. The van der Waals surface area contributed by atoms with Crippen molar-refractivity contribution in [3.8, 4) is 0 Å². The zero-order valence-corrected chi connectivity index (χ0v) is 17.0. The Morgan fingerprint density at radius 3 is 2.54 bits per heavy atom. The van der Waals surface area contributed by atoms with Crippen molar-refractivity contribution in [2.24, 2.45) is 0 Å². The quantitative estimate of drug-likeness (QED) is 0.371. The van der Waals surface area contributed by atoms with Crippen LogP contribution in [0, 0.1) is 20.8 Å². The van der Waals surface area contributed by atoms with E-state index in [0.29, 0.717) is 15.8 Å². The molecule has 0 bridgehead atoms. The number of nitrogens with zero attached hydrogens (tertiary/aromatic N) is 3. The molecule has 0 saturated heterocycles. The molecule has 0 atom stereocenters. The molecule has 0 amide bonds. The van der Waals surface area contributed by atoms with Crippen LogP contribution in [0.1, 0.15) is 22.3 Å². The number of aromatic nitrogens is 3. The van der Waals surface area contributed by atoms with Gasteiger partial charge in [-0.25, -0.2) is 0 Å². The van der Waals surface area contributed by atoms with E-state index in [1.165, 1.54) is 27.6 Å². The fourth-order valence-electron chi connectivity index (χ4n) is 3.29. The summed E-state index contributed by atoms with van der Waals surface area (Å²) in [5.74, 6) is 0.705. The van der Waals surface area contributed by atoms with Gasteiger partial charge in [-0.1, -0.05) is 52.7 Å². The third-order valence-electron chi connectivity index (χ3n) is 4.47. The van der Waals surface area contributed by atoms with Gasteiger partial charge in [-0.15, -0.1) is 10.2 Å². The van der Waals surface area contributed by atoms with E-state index in [0.717, 1.165) is 16.4 Å². The van der Waals surface area contributed by atoms with Gasteiger partial charge in [0.2, 0.25) is 0 Å². The van der Waals surface area contributed by atoms with E-state index in [1.807, 2.05) is 12.1 Å². The van der Waals surface area contributed by atoms with Crippen LogP contribution in [0.5, 0.6) is 0 Å². The Bertz CT molecular complexity index is 1150. The van der Waals surface area contributed by atoms with E-state index in [2.05, 4.69) is 53.6 Å². The van der Waals surface area contributed by atoms with Gasteiger partial charge in [0, 0.05) is 21.2 Å². The fraction of sp³-hybridized carbons (Fsp3) is 0.200. The van der Waals surface area contributed by atoms with Gasteiger partial charge < -0.3 is 0 Å². The minimum absolute atomic E-state index is 0.643. The number of thioether (sulfide) groups is 1. The average Bonchev–Trinajstić information content (AvgIpc) is 2.96. The molecule has 0 saturated carbocycles. The van der Waals surface area contributed by atoms with Crippen LogP contribution in [0.15, 0.2) is 41.6 Å². The molecule has 0 unspecified atom stereocenters. The lowest BCUT2D eigenvalue weighted by atomic mass is 10.0. The van der Waals surface area contributed by atoms with Crippen LogP contribution in [0.4, 0.5) is 0 Å². The lowest BCUT2D eigenvalue weighted by Gasteiger charge is -2.11. The van der Waals surface area contributed by atoms with Crippen molar-refractivity contribution >= 4 is 51.5 Å². The molecule has 0 radical (unpaired) electrons. The van der Waals surface area contributed by atoms with E-state index in [-0.39, 0.29) is 0 Å². The minimum atomic E-state index is 0.643. The van der Waals surface area contributed by atoms with Crippen LogP contribution < -0.4 is 0 Å². The van der Waals surface area contributed by atoms with Crippen LogP contribution >= 0.6 is 35.0 Å². The zero-order chi connectivity index (χ0) is 18.4. The molecule has 2 heterocycles. The minimum Gasteiger partial charge on any atom is -0.270 e. The second-order valence-electron chi connectivity index (χ2n) is 6.51. The second-order valence-corrected chi connectivity index (χ2v) is 8.29. The molecule has 2 aromatic carbocycles. The normalized spacial score (nSPS) is 11.6. The number of pyridine rings is 1. The molecule has 0 spiro atoms. The number of rotatable bonds is 3. The molecule has 132 valence electrons. The van der Waals surface area contributed by atoms with Crippen LogP contribution in [0.3, 0.4) is 0 Å². The molecule has 26 heavy (non-hydrogen) atoms. The standard InChI is InChI=1S/C20H17Cl2N3S/c1-11-6-13(3)19-16(7-11)12(2)8-18-23-24-20(25(18)19)26-10-14-4-5-15(21)9-17(14)22/h4-9H,10H2,1-3H3. The lowest BCUT2D eigenvalue weighted by Crippen LogP contribution is -1.97. The van der Waals surface area contributed by atoms with Gasteiger partial charge in [0.1, 0.15) is 0 Å². The van der Waals surface area contributed by atoms with Gasteiger partial charge in [-0.05, 0) is 61.7 Å². The molecule has 3 nitrogen and oxygen atoms in total. The van der Waals surface area contributed by atoms with Crippen LogP contribution in [0.2, 0.25) is 10.0 Å². The highest BCUT2D eigenvalue weighted by atomic mass is 35.5. The summed E-state index contributed by atoms with van der Waals surface area (Å²) in [6, 6.07) is 12.1. The number of aryl methyl sites for hydroxylation is 3.